The molecule has 0 radical (unpaired) electrons. The zero-order chi connectivity index (χ0) is 22.7. The minimum atomic E-state index is -3.58. The molecule has 2 amide bonds. The van der Waals surface area contributed by atoms with E-state index < -0.39 is 22.0 Å². The van der Waals surface area contributed by atoms with Gasteiger partial charge in [-0.3, -0.25) is 9.59 Å². The second-order valence-electron chi connectivity index (χ2n) is 8.36. The Morgan fingerprint density at radius 1 is 1.22 bits per heavy atom. The summed E-state index contributed by atoms with van der Waals surface area (Å²) in [5.74, 6) is -0.720. The van der Waals surface area contributed by atoms with Crippen molar-refractivity contribution in [2.75, 3.05) is 19.6 Å². The molecule has 2 aromatic rings. The molecule has 4 rings (SSSR count). The Morgan fingerprint density at radius 2 is 2.06 bits per heavy atom. The Bertz CT molecular complexity index is 1050. The molecule has 10 heteroatoms. The van der Waals surface area contributed by atoms with Gasteiger partial charge in [-0.25, -0.2) is 8.42 Å². The summed E-state index contributed by atoms with van der Waals surface area (Å²) in [7, 11) is -3.58. The van der Waals surface area contributed by atoms with E-state index in [1.165, 1.54) is 26.1 Å². The van der Waals surface area contributed by atoms with Gasteiger partial charge < -0.3 is 10.2 Å². The summed E-state index contributed by atoms with van der Waals surface area (Å²) in [5, 5.41) is 6.76. The van der Waals surface area contributed by atoms with E-state index in [1.807, 2.05) is 11.8 Å². The Balaban J connectivity index is 1.41. The van der Waals surface area contributed by atoms with E-state index in [4.69, 9.17) is 0 Å². The lowest BCUT2D eigenvalue weighted by Gasteiger charge is -2.33. The summed E-state index contributed by atoms with van der Waals surface area (Å²) in [4.78, 5) is 29.5. The zero-order valence-electron chi connectivity index (χ0n) is 18.2. The van der Waals surface area contributed by atoms with Crippen LogP contribution in [0.25, 0.3) is 0 Å². The smallest absolute Gasteiger partial charge is 0.252 e. The molecule has 0 bridgehead atoms. The Hall–Kier alpha value is -1.75. The molecule has 2 aromatic heterocycles. The van der Waals surface area contributed by atoms with Crippen LogP contribution < -0.4 is 5.32 Å². The second-order valence-corrected chi connectivity index (χ2v) is 12.5. The van der Waals surface area contributed by atoms with Gasteiger partial charge in [0.1, 0.15) is 10.3 Å². The molecule has 2 atom stereocenters. The monoisotopic (exact) mass is 495 g/mol. The van der Waals surface area contributed by atoms with E-state index in [9.17, 15) is 18.0 Å². The van der Waals surface area contributed by atoms with Crippen molar-refractivity contribution in [2.45, 2.75) is 55.8 Å². The van der Waals surface area contributed by atoms with Gasteiger partial charge in [-0.2, -0.15) is 4.31 Å². The lowest BCUT2D eigenvalue weighted by atomic mass is 9.97. The van der Waals surface area contributed by atoms with Gasteiger partial charge in [0.2, 0.25) is 11.8 Å². The number of nitrogens with zero attached hydrogens (tertiary/aromatic N) is 2. The van der Waals surface area contributed by atoms with Crippen LogP contribution in [-0.2, 0) is 32.6 Å². The van der Waals surface area contributed by atoms with Crippen molar-refractivity contribution in [1.29, 1.82) is 0 Å². The molecule has 2 aliphatic heterocycles. The molecule has 2 unspecified atom stereocenters. The molecule has 4 heterocycles. The summed E-state index contributed by atoms with van der Waals surface area (Å²) in [6.07, 6.45) is 3.45. The molecule has 0 spiro atoms. The van der Waals surface area contributed by atoms with Gasteiger partial charge in [0.25, 0.3) is 10.0 Å². The molecular formula is C22H29N3O4S3. The van der Waals surface area contributed by atoms with Gasteiger partial charge in [-0.1, -0.05) is 19.4 Å². The van der Waals surface area contributed by atoms with Crippen LogP contribution >= 0.6 is 22.7 Å². The highest BCUT2D eigenvalue weighted by Gasteiger charge is 2.36. The van der Waals surface area contributed by atoms with Crippen molar-refractivity contribution in [1.82, 2.24) is 14.5 Å². The lowest BCUT2D eigenvalue weighted by molar-refractivity contribution is -0.138. The number of amides is 2. The second kappa shape index (κ2) is 10.0. The number of thiophene rings is 2. The molecule has 7 nitrogen and oxygen atoms in total. The Morgan fingerprint density at radius 3 is 2.81 bits per heavy atom. The molecule has 1 fully saturated rings. The quantitative estimate of drug-likeness (QED) is 0.640. The fraction of sp³-hybridized carbons (Fsp3) is 0.545. The average molecular weight is 496 g/mol. The fourth-order valence-electron chi connectivity index (χ4n) is 4.40. The number of fused-ring (bicyclic) bond motifs is 1. The van der Waals surface area contributed by atoms with Gasteiger partial charge in [0.15, 0.2) is 0 Å². The third-order valence-electron chi connectivity index (χ3n) is 6.16. The molecule has 32 heavy (non-hydrogen) atoms. The van der Waals surface area contributed by atoms with Gasteiger partial charge in [0, 0.05) is 31.1 Å². The summed E-state index contributed by atoms with van der Waals surface area (Å²) < 4.78 is 27.5. The number of piperidine rings is 1. The van der Waals surface area contributed by atoms with Crippen LogP contribution in [0.15, 0.2) is 33.2 Å². The summed E-state index contributed by atoms with van der Waals surface area (Å²) in [6.45, 7) is 3.82. The van der Waals surface area contributed by atoms with Crippen molar-refractivity contribution in [2.24, 2.45) is 5.92 Å². The third-order valence-corrected chi connectivity index (χ3v) is 10.4. The predicted molar refractivity (Wildman–Crippen MR) is 126 cm³/mol. The van der Waals surface area contributed by atoms with E-state index in [0.29, 0.717) is 43.1 Å². The van der Waals surface area contributed by atoms with Crippen molar-refractivity contribution in [3.8, 4) is 0 Å². The Labute approximate surface area is 197 Å². The zero-order valence-corrected chi connectivity index (χ0v) is 20.6. The molecular weight excluding hydrogens is 466 g/mol. The highest BCUT2D eigenvalue weighted by atomic mass is 32.2. The number of rotatable bonds is 7. The van der Waals surface area contributed by atoms with Crippen LogP contribution in [0.5, 0.6) is 0 Å². The van der Waals surface area contributed by atoms with E-state index in [-0.39, 0.29) is 18.4 Å². The topological polar surface area (TPSA) is 86.8 Å². The maximum Gasteiger partial charge on any atom is 0.252 e. The molecule has 0 saturated carbocycles. The van der Waals surface area contributed by atoms with Crippen LogP contribution in [-0.4, -0.2) is 55.1 Å². The standard InChI is InChI=1S/C22H29N3O4S3/c1-2-5-18(22(27)24-11-8-19-16(14-24)9-13-30-19)23-21(26)17-6-3-10-25(15-17)32(28,29)20-7-4-12-31-20/h4,7,9,12-13,17-18H,2-3,5-6,8,10-11,14-15H2,1H3,(H,23,26). The molecule has 0 aliphatic carbocycles. The number of nitrogens with one attached hydrogen (secondary N) is 1. The van der Waals surface area contributed by atoms with Crippen molar-refractivity contribution in [3.05, 3.63) is 39.4 Å². The summed E-state index contributed by atoms with van der Waals surface area (Å²) >= 11 is 2.91. The number of hydrogen-bond acceptors (Lipinski definition) is 6. The molecule has 2 aliphatic rings. The fourth-order valence-corrected chi connectivity index (χ4v) is 7.96. The molecule has 174 valence electrons. The molecule has 1 N–H and O–H groups in total. The largest absolute Gasteiger partial charge is 0.344 e. The van der Waals surface area contributed by atoms with Crippen LogP contribution in [0.3, 0.4) is 0 Å². The SMILES string of the molecule is CCCC(NC(=O)C1CCCN(S(=O)(=O)c2cccs2)C1)C(=O)N1CCc2sccc2C1. The van der Waals surface area contributed by atoms with E-state index in [2.05, 4.69) is 16.8 Å². The molecule has 1 saturated heterocycles. The first-order valence-corrected chi connectivity index (χ1v) is 14.3. The first-order valence-electron chi connectivity index (χ1n) is 11.1. The van der Waals surface area contributed by atoms with Gasteiger partial charge >= 0.3 is 0 Å². The summed E-state index contributed by atoms with van der Waals surface area (Å²) in [5.41, 5.74) is 1.19. The number of carbonyl (C=O) groups excluding carboxylic acids is 2. The van der Waals surface area contributed by atoms with Crippen LogP contribution in [0.4, 0.5) is 0 Å². The van der Waals surface area contributed by atoms with Gasteiger partial charge in [-0.15, -0.1) is 22.7 Å². The minimum Gasteiger partial charge on any atom is -0.344 e. The van der Waals surface area contributed by atoms with E-state index in [1.54, 1.807) is 28.8 Å². The minimum absolute atomic E-state index is 0.0454. The first kappa shape index (κ1) is 23.4. The number of hydrogen-bond donors (Lipinski definition) is 1. The third kappa shape index (κ3) is 4.93. The summed E-state index contributed by atoms with van der Waals surface area (Å²) in [6, 6.07) is 4.80. The predicted octanol–water partition coefficient (Wildman–Crippen LogP) is 3.08. The maximum atomic E-state index is 13.2. The van der Waals surface area contributed by atoms with Gasteiger partial charge in [0.05, 0.1) is 5.92 Å². The van der Waals surface area contributed by atoms with E-state index >= 15 is 0 Å². The normalized spacial score (nSPS) is 20.5. The molecule has 0 aromatic carbocycles. The van der Waals surface area contributed by atoms with E-state index in [0.717, 1.165) is 12.8 Å². The Kier molecular flexibility index (Phi) is 7.34. The lowest BCUT2D eigenvalue weighted by Crippen LogP contribution is -2.53. The maximum absolute atomic E-state index is 13.2. The average Bonchev–Trinajstić information content (AvgIpc) is 3.50. The number of carbonyl (C=O) groups is 2. The number of sulfonamides is 1. The highest BCUT2D eigenvalue weighted by molar-refractivity contribution is 7.91. The van der Waals surface area contributed by atoms with Crippen LogP contribution in [0.1, 0.15) is 43.0 Å². The van der Waals surface area contributed by atoms with Crippen molar-refractivity contribution >= 4 is 44.5 Å². The van der Waals surface area contributed by atoms with Crippen molar-refractivity contribution in [3.63, 3.8) is 0 Å². The van der Waals surface area contributed by atoms with Crippen LogP contribution in [0.2, 0.25) is 0 Å². The first-order chi connectivity index (χ1) is 15.4. The highest BCUT2D eigenvalue weighted by Crippen LogP contribution is 2.27. The van der Waals surface area contributed by atoms with Gasteiger partial charge in [-0.05, 0) is 54.1 Å². The van der Waals surface area contributed by atoms with Crippen molar-refractivity contribution < 1.29 is 18.0 Å². The van der Waals surface area contributed by atoms with Crippen LogP contribution in [0, 0.1) is 5.92 Å².